The van der Waals surface area contributed by atoms with Crippen LogP contribution in [0.1, 0.15) is 48.6 Å². The number of fused-ring (bicyclic) bond motifs is 1. The molecule has 4 heteroatoms. The lowest BCUT2D eigenvalue weighted by Crippen LogP contribution is -2.15. The topological polar surface area (TPSA) is 38.0 Å². The van der Waals surface area contributed by atoms with Gasteiger partial charge in [0.2, 0.25) is 0 Å². The van der Waals surface area contributed by atoms with Crippen LogP contribution in [0.4, 0.5) is 0 Å². The number of halogens is 1. The van der Waals surface area contributed by atoms with Crippen molar-refractivity contribution in [2.45, 2.75) is 44.8 Å². The third-order valence-corrected chi connectivity index (χ3v) is 4.72. The zero-order chi connectivity index (χ0) is 14.1. The summed E-state index contributed by atoms with van der Waals surface area (Å²) in [7, 11) is 0. The first kappa shape index (κ1) is 13.8. The Morgan fingerprint density at radius 3 is 3.05 bits per heavy atom. The highest BCUT2D eigenvalue weighted by molar-refractivity contribution is 9.10. The maximum absolute atomic E-state index is 10.9. The molecule has 106 valence electrons. The van der Waals surface area contributed by atoms with E-state index in [0.717, 1.165) is 36.0 Å². The zero-order valence-electron chi connectivity index (χ0n) is 11.6. The van der Waals surface area contributed by atoms with E-state index in [1.54, 1.807) is 6.20 Å². The van der Waals surface area contributed by atoms with Gasteiger partial charge >= 0.3 is 0 Å². The molecule has 2 atom stereocenters. The van der Waals surface area contributed by atoms with Gasteiger partial charge in [-0.2, -0.15) is 5.10 Å². The van der Waals surface area contributed by atoms with E-state index in [-0.39, 0.29) is 5.92 Å². The Morgan fingerprint density at radius 1 is 1.45 bits per heavy atom. The Hall–Kier alpha value is -1.13. The number of aromatic nitrogens is 2. The molecular weight excluding hydrogens is 316 g/mol. The van der Waals surface area contributed by atoms with Crippen LogP contribution in [0.5, 0.6) is 0 Å². The summed E-state index contributed by atoms with van der Waals surface area (Å²) in [6.45, 7) is 2.96. The maximum Gasteiger partial charge on any atom is 0.104 e. The molecule has 0 saturated carbocycles. The van der Waals surface area contributed by atoms with Crippen LogP contribution in [-0.2, 0) is 13.0 Å². The van der Waals surface area contributed by atoms with Gasteiger partial charge in [-0.15, -0.1) is 0 Å². The molecule has 1 aliphatic rings. The molecule has 0 spiro atoms. The average Bonchev–Trinajstić information content (AvgIpc) is 3.03. The third-order valence-electron chi connectivity index (χ3n) is 4.11. The monoisotopic (exact) mass is 334 g/mol. The van der Waals surface area contributed by atoms with E-state index in [1.807, 2.05) is 4.68 Å². The minimum atomic E-state index is -0.498. The van der Waals surface area contributed by atoms with Crippen LogP contribution in [0.15, 0.2) is 34.9 Å². The summed E-state index contributed by atoms with van der Waals surface area (Å²) in [5, 5.41) is 15.2. The summed E-state index contributed by atoms with van der Waals surface area (Å²) in [5.74, 6) is 0.176. The molecule has 2 unspecified atom stereocenters. The molecule has 3 nitrogen and oxygen atoms in total. The molecule has 1 aromatic heterocycles. The molecule has 0 saturated heterocycles. The van der Waals surface area contributed by atoms with Crippen LogP contribution >= 0.6 is 15.9 Å². The van der Waals surface area contributed by atoms with Crippen molar-refractivity contribution in [2.24, 2.45) is 0 Å². The second-order valence-corrected chi connectivity index (χ2v) is 6.24. The normalized spacial score (nSPS) is 19.1. The van der Waals surface area contributed by atoms with Gasteiger partial charge < -0.3 is 5.11 Å². The molecule has 0 fully saturated rings. The Labute approximate surface area is 127 Å². The van der Waals surface area contributed by atoms with Crippen LogP contribution in [0.25, 0.3) is 0 Å². The number of hydrogen-bond donors (Lipinski definition) is 1. The molecule has 20 heavy (non-hydrogen) atoms. The predicted molar refractivity (Wildman–Crippen MR) is 82.7 cm³/mol. The minimum absolute atomic E-state index is 0.176. The van der Waals surface area contributed by atoms with E-state index >= 15 is 0 Å². The summed E-state index contributed by atoms with van der Waals surface area (Å²) >= 11 is 3.53. The van der Waals surface area contributed by atoms with E-state index < -0.39 is 6.10 Å². The van der Waals surface area contributed by atoms with Gasteiger partial charge in [-0.1, -0.05) is 31.2 Å². The zero-order valence-corrected chi connectivity index (χ0v) is 13.2. The summed E-state index contributed by atoms with van der Waals surface area (Å²) in [4.78, 5) is 0. The molecule has 0 amide bonds. The van der Waals surface area contributed by atoms with Crippen molar-refractivity contribution < 1.29 is 5.11 Å². The van der Waals surface area contributed by atoms with Gasteiger partial charge in [0, 0.05) is 12.5 Å². The van der Waals surface area contributed by atoms with Crippen LogP contribution in [-0.4, -0.2) is 14.9 Å². The Balaban J connectivity index is 1.94. The Bertz CT molecular complexity index is 608. The molecule has 0 bridgehead atoms. The van der Waals surface area contributed by atoms with Gasteiger partial charge in [0.25, 0.3) is 0 Å². The highest BCUT2D eigenvalue weighted by Gasteiger charge is 2.32. The number of aliphatic hydroxyl groups excluding tert-OH is 1. The highest BCUT2D eigenvalue weighted by Crippen LogP contribution is 2.43. The van der Waals surface area contributed by atoms with Crippen molar-refractivity contribution in [3.8, 4) is 0 Å². The van der Waals surface area contributed by atoms with E-state index in [9.17, 15) is 5.11 Å². The number of aliphatic hydroxyl groups is 1. The number of hydrogen-bond acceptors (Lipinski definition) is 2. The molecule has 2 aromatic rings. The number of benzene rings is 1. The van der Waals surface area contributed by atoms with E-state index in [1.165, 1.54) is 11.1 Å². The number of rotatable bonds is 4. The lowest BCUT2D eigenvalue weighted by Gasteiger charge is -2.21. The molecular formula is C16H19BrN2O. The second-order valence-electron chi connectivity index (χ2n) is 5.39. The maximum atomic E-state index is 10.9. The lowest BCUT2D eigenvalue weighted by atomic mass is 9.93. The van der Waals surface area contributed by atoms with Gasteiger partial charge in [-0.3, -0.25) is 4.68 Å². The summed E-state index contributed by atoms with van der Waals surface area (Å²) in [6, 6.07) is 8.44. The first-order chi connectivity index (χ1) is 9.72. The van der Waals surface area contributed by atoms with Crippen LogP contribution in [0.2, 0.25) is 0 Å². The summed E-state index contributed by atoms with van der Waals surface area (Å²) in [6.07, 6.45) is 4.35. The smallest absolute Gasteiger partial charge is 0.104 e. The van der Waals surface area contributed by atoms with Gasteiger partial charge in [0.1, 0.15) is 6.10 Å². The molecule has 1 heterocycles. The van der Waals surface area contributed by atoms with E-state index in [0.29, 0.717) is 0 Å². The first-order valence-electron chi connectivity index (χ1n) is 7.19. The number of nitrogens with zero attached hydrogens (tertiary/aromatic N) is 2. The van der Waals surface area contributed by atoms with E-state index in [4.69, 9.17) is 0 Å². The fraction of sp³-hybridized carbons (Fsp3) is 0.438. The minimum Gasteiger partial charge on any atom is -0.386 e. The summed E-state index contributed by atoms with van der Waals surface area (Å²) < 4.78 is 2.83. The van der Waals surface area contributed by atoms with Crippen molar-refractivity contribution in [1.82, 2.24) is 9.78 Å². The van der Waals surface area contributed by atoms with Crippen molar-refractivity contribution >= 4 is 15.9 Å². The molecule has 1 N–H and O–H groups in total. The predicted octanol–water partition coefficient (Wildman–Crippen LogP) is 3.82. The van der Waals surface area contributed by atoms with Crippen LogP contribution in [0.3, 0.4) is 0 Å². The quantitative estimate of drug-likeness (QED) is 0.922. The highest BCUT2D eigenvalue weighted by atomic mass is 79.9. The molecule has 0 aliphatic heterocycles. The largest absolute Gasteiger partial charge is 0.386 e. The first-order valence-corrected chi connectivity index (χ1v) is 7.98. The average molecular weight is 335 g/mol. The molecule has 3 rings (SSSR count). The SMILES string of the molecule is CCCn1ncc(Br)c1C(O)C1CCc2ccccc21. The molecule has 0 radical (unpaired) electrons. The van der Waals surface area contributed by atoms with Gasteiger partial charge in [-0.25, -0.2) is 0 Å². The fourth-order valence-corrected chi connectivity index (χ4v) is 3.70. The Morgan fingerprint density at radius 2 is 2.25 bits per heavy atom. The number of aryl methyl sites for hydroxylation is 2. The standard InChI is InChI=1S/C16H19BrN2O/c1-2-9-19-15(14(17)10-18-19)16(20)13-8-7-11-5-3-4-6-12(11)13/h3-6,10,13,16,20H,2,7-9H2,1H3. The van der Waals surface area contributed by atoms with Crippen molar-refractivity contribution in [3.05, 3.63) is 51.8 Å². The lowest BCUT2D eigenvalue weighted by molar-refractivity contribution is 0.133. The van der Waals surface area contributed by atoms with Crippen molar-refractivity contribution in [1.29, 1.82) is 0 Å². The Kier molecular flexibility index (Phi) is 3.94. The fourth-order valence-electron chi connectivity index (χ4n) is 3.16. The van der Waals surface area contributed by atoms with Crippen LogP contribution in [0, 0.1) is 0 Å². The van der Waals surface area contributed by atoms with E-state index in [2.05, 4.69) is 52.2 Å². The molecule has 1 aliphatic carbocycles. The summed E-state index contributed by atoms with van der Waals surface area (Å²) in [5.41, 5.74) is 3.57. The van der Waals surface area contributed by atoms with Gasteiger partial charge in [-0.05, 0) is 46.3 Å². The van der Waals surface area contributed by atoms with Crippen LogP contribution < -0.4 is 0 Å². The third kappa shape index (κ3) is 2.31. The second kappa shape index (κ2) is 5.70. The van der Waals surface area contributed by atoms with Crippen molar-refractivity contribution in [3.63, 3.8) is 0 Å². The molecule has 1 aromatic carbocycles. The van der Waals surface area contributed by atoms with Gasteiger partial charge in [0.15, 0.2) is 0 Å². The van der Waals surface area contributed by atoms with Crippen molar-refractivity contribution in [2.75, 3.05) is 0 Å². The van der Waals surface area contributed by atoms with Gasteiger partial charge in [0.05, 0.1) is 16.4 Å².